The molecule has 11 heteroatoms. The summed E-state index contributed by atoms with van der Waals surface area (Å²) in [6.45, 7) is 0.352. The summed E-state index contributed by atoms with van der Waals surface area (Å²) in [5.74, 6) is 0.842. The van der Waals surface area contributed by atoms with Crippen LogP contribution in [0.2, 0.25) is 0 Å². The molecule has 1 amide bonds. The average molecular weight is 476 g/mol. The number of amides is 1. The van der Waals surface area contributed by atoms with E-state index >= 15 is 0 Å². The van der Waals surface area contributed by atoms with Crippen molar-refractivity contribution < 1.29 is 19.4 Å². The van der Waals surface area contributed by atoms with Crippen molar-refractivity contribution >= 4 is 22.8 Å². The van der Waals surface area contributed by atoms with Gasteiger partial charge in [0, 0.05) is 56.0 Å². The van der Waals surface area contributed by atoms with Crippen LogP contribution in [-0.2, 0) is 18.4 Å². The minimum Gasteiger partial charge on any atom is -0.497 e. The number of aromatic nitrogens is 5. The Kier molecular flexibility index (Phi) is 5.91. The number of hydrogen-bond donors (Lipinski definition) is 2. The van der Waals surface area contributed by atoms with Gasteiger partial charge in [-0.3, -0.25) is 14.5 Å². The number of carbonyl (C=O) groups is 1. The fraction of sp³-hybridized carbons (Fsp3) is 0.292. The lowest BCUT2D eigenvalue weighted by Crippen LogP contribution is -2.34. The number of carbonyl (C=O) groups excluding carboxylic acids is 1. The zero-order valence-corrected chi connectivity index (χ0v) is 19.5. The third-order valence-corrected chi connectivity index (χ3v) is 5.84. The first kappa shape index (κ1) is 22.5. The second kappa shape index (κ2) is 9.18. The van der Waals surface area contributed by atoms with Crippen molar-refractivity contribution in [2.45, 2.75) is 25.1 Å². The van der Waals surface area contributed by atoms with E-state index in [1.54, 1.807) is 49.5 Å². The van der Waals surface area contributed by atoms with Crippen LogP contribution in [0.1, 0.15) is 6.42 Å². The Balaban J connectivity index is 1.69. The van der Waals surface area contributed by atoms with Gasteiger partial charge in [0.15, 0.2) is 5.65 Å². The molecule has 4 heterocycles. The van der Waals surface area contributed by atoms with Gasteiger partial charge in [0.2, 0.25) is 5.91 Å². The lowest BCUT2D eigenvalue weighted by Gasteiger charge is -2.16. The van der Waals surface area contributed by atoms with Gasteiger partial charge in [0.05, 0.1) is 38.0 Å². The quantitative estimate of drug-likeness (QED) is 0.430. The van der Waals surface area contributed by atoms with E-state index in [1.807, 2.05) is 29.9 Å². The Morgan fingerprint density at radius 2 is 1.94 bits per heavy atom. The highest BCUT2D eigenvalue weighted by atomic mass is 16.5. The van der Waals surface area contributed by atoms with Crippen molar-refractivity contribution in [2.75, 3.05) is 14.2 Å². The van der Waals surface area contributed by atoms with E-state index in [0.29, 0.717) is 52.5 Å². The van der Waals surface area contributed by atoms with E-state index in [4.69, 9.17) is 19.5 Å². The molecule has 1 aliphatic rings. The molecule has 35 heavy (non-hydrogen) atoms. The molecule has 1 saturated heterocycles. The molecule has 0 aliphatic carbocycles. The fourth-order valence-corrected chi connectivity index (χ4v) is 4.09. The lowest BCUT2D eigenvalue weighted by atomic mass is 10.2. The lowest BCUT2D eigenvalue weighted by molar-refractivity contribution is -0.126. The monoisotopic (exact) mass is 475 g/mol. The molecule has 5 rings (SSSR count). The first-order valence-electron chi connectivity index (χ1n) is 11.1. The fourth-order valence-electron chi connectivity index (χ4n) is 4.09. The first-order valence-corrected chi connectivity index (χ1v) is 11.1. The molecule has 1 aromatic carbocycles. The molecule has 4 aromatic rings. The number of aryl methyl sites for hydroxylation is 1. The Morgan fingerprint density at radius 1 is 1.17 bits per heavy atom. The molecule has 11 nitrogen and oxygen atoms in total. The summed E-state index contributed by atoms with van der Waals surface area (Å²) in [5.41, 5.74) is 3.98. The van der Waals surface area contributed by atoms with Gasteiger partial charge >= 0.3 is 0 Å². The SMILES string of the molecule is COc1cc(N=c2ccc3ncc(-c4cnn(C)c4)nc3n2CC2CC(O)C(=O)N2)cc(OC)c1. The van der Waals surface area contributed by atoms with Crippen LogP contribution in [0.25, 0.3) is 22.4 Å². The predicted octanol–water partition coefficient (Wildman–Crippen LogP) is 1.33. The van der Waals surface area contributed by atoms with Gasteiger partial charge in [-0.25, -0.2) is 9.98 Å². The number of nitrogens with zero attached hydrogens (tertiary/aromatic N) is 6. The zero-order chi connectivity index (χ0) is 24.5. The van der Waals surface area contributed by atoms with E-state index in [0.717, 1.165) is 5.56 Å². The Bertz CT molecular complexity index is 1450. The molecule has 2 unspecified atom stereocenters. The van der Waals surface area contributed by atoms with E-state index in [1.165, 1.54) is 0 Å². The minimum atomic E-state index is -1.03. The maximum atomic E-state index is 11.9. The summed E-state index contributed by atoms with van der Waals surface area (Å²) >= 11 is 0. The van der Waals surface area contributed by atoms with E-state index in [2.05, 4.69) is 15.4 Å². The topological polar surface area (TPSA) is 129 Å². The van der Waals surface area contributed by atoms with Crippen molar-refractivity contribution in [1.29, 1.82) is 0 Å². The standard InChI is InChI=1S/C24H25N7O4/c1-30-12-14(10-26-30)20-11-25-19-4-5-22(27-15-6-17(34-2)9-18(7-15)35-3)31(23(19)29-20)13-16-8-21(32)24(33)28-16/h4-7,9-12,16,21,32H,8,13H2,1-3H3,(H,28,33). The minimum absolute atomic E-state index is 0.286. The van der Waals surface area contributed by atoms with Crippen molar-refractivity contribution in [1.82, 2.24) is 29.6 Å². The van der Waals surface area contributed by atoms with Crippen LogP contribution in [0, 0.1) is 0 Å². The molecule has 2 atom stereocenters. The van der Waals surface area contributed by atoms with E-state index in [9.17, 15) is 9.90 Å². The number of ether oxygens (including phenoxy) is 2. The largest absolute Gasteiger partial charge is 0.497 e. The highest BCUT2D eigenvalue weighted by molar-refractivity contribution is 5.83. The van der Waals surface area contributed by atoms with Gasteiger partial charge in [0.1, 0.15) is 28.6 Å². The number of aliphatic hydroxyl groups excluding tert-OH is 1. The van der Waals surface area contributed by atoms with Gasteiger partial charge in [0.25, 0.3) is 0 Å². The summed E-state index contributed by atoms with van der Waals surface area (Å²) < 4.78 is 14.4. The van der Waals surface area contributed by atoms with Crippen LogP contribution in [0.15, 0.2) is 53.9 Å². The zero-order valence-electron chi connectivity index (χ0n) is 19.5. The van der Waals surface area contributed by atoms with Crippen LogP contribution in [0.4, 0.5) is 5.69 Å². The van der Waals surface area contributed by atoms with Gasteiger partial charge < -0.3 is 24.5 Å². The number of pyridine rings is 1. The van der Waals surface area contributed by atoms with Gasteiger partial charge in [-0.05, 0) is 12.1 Å². The second-order valence-electron chi connectivity index (χ2n) is 8.31. The summed E-state index contributed by atoms with van der Waals surface area (Å²) in [6, 6.07) is 8.79. The van der Waals surface area contributed by atoms with Crippen LogP contribution < -0.4 is 20.3 Å². The number of methoxy groups -OCH3 is 2. The van der Waals surface area contributed by atoms with E-state index < -0.39 is 6.10 Å². The van der Waals surface area contributed by atoms with Crippen LogP contribution in [0.3, 0.4) is 0 Å². The Hall–Kier alpha value is -4.25. The van der Waals surface area contributed by atoms with Gasteiger partial charge in [-0.15, -0.1) is 0 Å². The first-order chi connectivity index (χ1) is 16.9. The molecule has 0 bridgehead atoms. The summed E-state index contributed by atoms with van der Waals surface area (Å²) in [4.78, 5) is 26.2. The number of aliphatic hydroxyl groups is 1. The highest BCUT2D eigenvalue weighted by Gasteiger charge is 2.30. The number of nitrogens with one attached hydrogen (secondary N) is 1. The Labute approximate surface area is 200 Å². The normalized spacial score (nSPS) is 18.2. The van der Waals surface area contributed by atoms with Crippen molar-refractivity contribution in [3.8, 4) is 22.8 Å². The van der Waals surface area contributed by atoms with E-state index in [-0.39, 0.29) is 11.9 Å². The van der Waals surface area contributed by atoms with Crippen molar-refractivity contribution in [3.63, 3.8) is 0 Å². The maximum absolute atomic E-state index is 11.9. The summed E-state index contributed by atoms with van der Waals surface area (Å²) in [6.07, 6.45) is 4.56. The smallest absolute Gasteiger partial charge is 0.249 e. The second-order valence-corrected chi connectivity index (χ2v) is 8.31. The molecule has 180 valence electrons. The summed E-state index contributed by atoms with van der Waals surface area (Å²) in [5, 5.41) is 17.0. The molecule has 0 saturated carbocycles. The number of hydrogen-bond acceptors (Lipinski definition) is 8. The molecular weight excluding hydrogens is 450 g/mol. The molecular formula is C24H25N7O4. The predicted molar refractivity (Wildman–Crippen MR) is 127 cm³/mol. The third-order valence-electron chi connectivity index (χ3n) is 5.84. The average Bonchev–Trinajstić information content (AvgIpc) is 3.44. The van der Waals surface area contributed by atoms with Crippen LogP contribution >= 0.6 is 0 Å². The maximum Gasteiger partial charge on any atom is 0.249 e. The Morgan fingerprint density at radius 3 is 2.57 bits per heavy atom. The molecule has 1 aliphatic heterocycles. The van der Waals surface area contributed by atoms with Crippen molar-refractivity contribution in [2.24, 2.45) is 12.0 Å². The third kappa shape index (κ3) is 4.58. The van der Waals surface area contributed by atoms with Crippen LogP contribution in [0.5, 0.6) is 11.5 Å². The number of benzene rings is 1. The molecule has 0 spiro atoms. The number of rotatable bonds is 6. The highest BCUT2D eigenvalue weighted by Crippen LogP contribution is 2.27. The van der Waals surface area contributed by atoms with Gasteiger partial charge in [-0.1, -0.05) is 0 Å². The molecule has 0 radical (unpaired) electrons. The van der Waals surface area contributed by atoms with Gasteiger partial charge in [-0.2, -0.15) is 5.10 Å². The molecule has 3 aromatic heterocycles. The number of fused-ring (bicyclic) bond motifs is 1. The van der Waals surface area contributed by atoms with Crippen molar-refractivity contribution in [3.05, 3.63) is 54.4 Å². The summed E-state index contributed by atoms with van der Waals surface area (Å²) in [7, 11) is 5.00. The molecule has 2 N–H and O–H groups in total. The molecule has 1 fully saturated rings. The van der Waals surface area contributed by atoms with Crippen LogP contribution in [-0.4, -0.2) is 61.7 Å².